The van der Waals surface area contributed by atoms with Gasteiger partial charge in [0.1, 0.15) is 27.5 Å². The van der Waals surface area contributed by atoms with Gasteiger partial charge in [-0.25, -0.2) is 9.59 Å². The molecule has 1 fully saturated rings. The van der Waals surface area contributed by atoms with Crippen molar-refractivity contribution in [1.82, 2.24) is 0 Å². The Balaban J connectivity index is 1.74. The van der Waals surface area contributed by atoms with Gasteiger partial charge in [0.15, 0.2) is 6.61 Å². The van der Waals surface area contributed by atoms with Gasteiger partial charge in [-0.15, -0.1) is 11.3 Å². The first-order chi connectivity index (χ1) is 15.9. The molecule has 178 valence electrons. The van der Waals surface area contributed by atoms with Gasteiger partial charge in [-0.2, -0.15) is 0 Å². The Hall–Kier alpha value is -3.07. The number of hydrogen-bond acceptors (Lipinski definition) is 8. The first-order valence-electron chi connectivity index (χ1n) is 11.0. The van der Waals surface area contributed by atoms with E-state index in [1.54, 1.807) is 45.2 Å². The Morgan fingerprint density at radius 2 is 1.82 bits per heavy atom. The normalized spacial score (nSPS) is 13.8. The second-order valence-electron chi connectivity index (χ2n) is 7.66. The van der Waals surface area contributed by atoms with Crippen LogP contribution in [0.15, 0.2) is 24.3 Å². The number of benzene rings is 1. The molecule has 3 rings (SSSR count). The van der Waals surface area contributed by atoms with E-state index in [-0.39, 0.29) is 34.8 Å². The molecule has 8 nitrogen and oxygen atoms in total. The molecule has 1 N–H and O–H groups in total. The third-order valence-electron chi connectivity index (χ3n) is 5.30. The molecule has 0 bridgehead atoms. The number of esters is 2. The Labute approximate surface area is 197 Å². The third-order valence-corrected chi connectivity index (χ3v) is 6.49. The summed E-state index contributed by atoms with van der Waals surface area (Å²) >= 11 is 1.01. The van der Waals surface area contributed by atoms with Gasteiger partial charge >= 0.3 is 11.9 Å². The van der Waals surface area contributed by atoms with Gasteiger partial charge in [0.05, 0.1) is 19.3 Å². The van der Waals surface area contributed by atoms with E-state index in [2.05, 4.69) is 5.32 Å². The molecule has 0 saturated heterocycles. The van der Waals surface area contributed by atoms with Crippen LogP contribution in [0.25, 0.3) is 0 Å². The van der Waals surface area contributed by atoms with Gasteiger partial charge in [0.25, 0.3) is 5.91 Å². The minimum atomic E-state index is -0.605. The Kier molecular flexibility index (Phi) is 8.71. The van der Waals surface area contributed by atoms with E-state index in [0.717, 1.165) is 43.4 Å². The van der Waals surface area contributed by atoms with Gasteiger partial charge < -0.3 is 24.3 Å². The zero-order chi connectivity index (χ0) is 23.8. The van der Waals surface area contributed by atoms with E-state index < -0.39 is 17.8 Å². The van der Waals surface area contributed by atoms with E-state index in [4.69, 9.17) is 18.9 Å². The lowest BCUT2D eigenvalue weighted by molar-refractivity contribution is -0.118. The highest BCUT2D eigenvalue weighted by molar-refractivity contribution is 7.18. The minimum absolute atomic E-state index is 0.118. The quantitative estimate of drug-likeness (QED) is 0.523. The van der Waals surface area contributed by atoms with Gasteiger partial charge in [-0.1, -0.05) is 12.5 Å². The van der Waals surface area contributed by atoms with Crippen LogP contribution in [0.5, 0.6) is 11.5 Å². The highest BCUT2D eigenvalue weighted by atomic mass is 32.1. The zero-order valence-corrected chi connectivity index (χ0v) is 19.9. The van der Waals surface area contributed by atoms with Crippen molar-refractivity contribution in [3.05, 3.63) is 40.3 Å². The maximum absolute atomic E-state index is 12.8. The summed E-state index contributed by atoms with van der Waals surface area (Å²) in [6.45, 7) is 3.23. The predicted molar refractivity (Wildman–Crippen MR) is 124 cm³/mol. The second kappa shape index (κ2) is 11.7. The molecule has 0 radical (unpaired) electrons. The van der Waals surface area contributed by atoms with Crippen LogP contribution in [0, 0.1) is 6.92 Å². The van der Waals surface area contributed by atoms with E-state index in [0.29, 0.717) is 17.1 Å². The predicted octanol–water partition coefficient (Wildman–Crippen LogP) is 4.75. The molecule has 33 heavy (non-hydrogen) atoms. The molecule has 0 spiro atoms. The van der Waals surface area contributed by atoms with E-state index in [1.807, 2.05) is 0 Å². The SMILES string of the molecule is CCOC(=O)c1c(NC(=O)COc2cccc(OC)c2)sc(C(=O)OC2CCCCC2)c1C. The fourth-order valence-electron chi connectivity index (χ4n) is 3.64. The van der Waals surface area contributed by atoms with Crippen molar-refractivity contribution in [2.75, 3.05) is 25.6 Å². The molecule has 9 heteroatoms. The van der Waals surface area contributed by atoms with Crippen molar-refractivity contribution < 1.29 is 33.3 Å². The molecule has 2 aromatic rings. The average Bonchev–Trinajstić information content (AvgIpc) is 3.14. The first-order valence-corrected chi connectivity index (χ1v) is 11.8. The van der Waals surface area contributed by atoms with Gasteiger partial charge in [-0.05, 0) is 57.2 Å². The summed E-state index contributed by atoms with van der Waals surface area (Å²) in [6.07, 6.45) is 4.77. The van der Waals surface area contributed by atoms with Crippen LogP contribution in [-0.4, -0.2) is 44.3 Å². The summed E-state index contributed by atoms with van der Waals surface area (Å²) < 4.78 is 21.5. The van der Waals surface area contributed by atoms with Crippen molar-refractivity contribution in [2.45, 2.75) is 52.1 Å². The maximum atomic E-state index is 12.8. The Bertz CT molecular complexity index is 995. The number of hydrogen-bond donors (Lipinski definition) is 1. The fourth-order valence-corrected chi connectivity index (χ4v) is 4.73. The highest BCUT2D eigenvalue weighted by Gasteiger charge is 2.29. The van der Waals surface area contributed by atoms with E-state index in [1.165, 1.54) is 0 Å². The summed E-state index contributed by atoms with van der Waals surface area (Å²) in [6, 6.07) is 6.87. The summed E-state index contributed by atoms with van der Waals surface area (Å²) in [5, 5.41) is 2.92. The zero-order valence-electron chi connectivity index (χ0n) is 19.1. The largest absolute Gasteiger partial charge is 0.497 e. The number of rotatable bonds is 9. The number of anilines is 1. The molecule has 1 aliphatic carbocycles. The van der Waals surface area contributed by atoms with Crippen molar-refractivity contribution in [3.63, 3.8) is 0 Å². The highest BCUT2D eigenvalue weighted by Crippen LogP contribution is 2.35. The standard InChI is InChI=1S/C24H29NO7S/c1-4-30-23(27)20-15(2)21(24(28)32-16-9-6-5-7-10-16)33-22(20)25-19(26)14-31-18-12-8-11-17(13-18)29-3/h8,11-13,16H,4-7,9-10,14H2,1-3H3,(H,25,26). The average molecular weight is 476 g/mol. The van der Waals surface area contributed by atoms with Crippen LogP contribution >= 0.6 is 11.3 Å². The number of carbonyl (C=O) groups is 3. The Morgan fingerprint density at radius 3 is 2.52 bits per heavy atom. The summed E-state index contributed by atoms with van der Waals surface area (Å²) in [5.74, 6) is -0.492. The van der Waals surface area contributed by atoms with Crippen LogP contribution in [-0.2, 0) is 14.3 Å². The van der Waals surface area contributed by atoms with Crippen LogP contribution in [0.4, 0.5) is 5.00 Å². The lowest BCUT2D eigenvalue weighted by atomic mass is 9.98. The second-order valence-corrected chi connectivity index (χ2v) is 8.68. The van der Waals surface area contributed by atoms with Crippen molar-refractivity contribution in [3.8, 4) is 11.5 Å². The molecular weight excluding hydrogens is 446 g/mol. The van der Waals surface area contributed by atoms with Gasteiger partial charge in [-0.3, -0.25) is 4.79 Å². The third kappa shape index (κ3) is 6.47. The summed E-state index contributed by atoms with van der Waals surface area (Å²) in [5.41, 5.74) is 0.593. The van der Waals surface area contributed by atoms with Crippen molar-refractivity contribution in [1.29, 1.82) is 0 Å². The molecule has 1 aromatic carbocycles. The van der Waals surface area contributed by atoms with Crippen LogP contribution in [0.2, 0.25) is 0 Å². The number of amides is 1. The van der Waals surface area contributed by atoms with Crippen LogP contribution in [0.1, 0.15) is 64.6 Å². The number of ether oxygens (including phenoxy) is 4. The van der Waals surface area contributed by atoms with Crippen LogP contribution < -0.4 is 14.8 Å². The molecule has 0 aliphatic heterocycles. The summed E-state index contributed by atoms with van der Waals surface area (Å²) in [4.78, 5) is 38.2. The lowest BCUT2D eigenvalue weighted by Crippen LogP contribution is -2.21. The summed E-state index contributed by atoms with van der Waals surface area (Å²) in [7, 11) is 1.54. The Morgan fingerprint density at radius 1 is 1.09 bits per heavy atom. The molecule has 1 heterocycles. The van der Waals surface area contributed by atoms with Crippen molar-refractivity contribution in [2.24, 2.45) is 0 Å². The molecule has 1 saturated carbocycles. The van der Waals surface area contributed by atoms with E-state index >= 15 is 0 Å². The molecular formula is C24H29NO7S. The number of thiophene rings is 1. The minimum Gasteiger partial charge on any atom is -0.497 e. The number of nitrogens with one attached hydrogen (secondary N) is 1. The lowest BCUT2D eigenvalue weighted by Gasteiger charge is -2.21. The molecule has 0 atom stereocenters. The van der Waals surface area contributed by atoms with E-state index in [9.17, 15) is 14.4 Å². The van der Waals surface area contributed by atoms with Gasteiger partial charge in [0, 0.05) is 6.07 Å². The van der Waals surface area contributed by atoms with Gasteiger partial charge in [0.2, 0.25) is 0 Å². The molecule has 1 amide bonds. The van der Waals surface area contributed by atoms with Crippen molar-refractivity contribution >= 4 is 34.2 Å². The first kappa shape index (κ1) is 24.6. The number of methoxy groups -OCH3 is 1. The topological polar surface area (TPSA) is 100 Å². The van der Waals surface area contributed by atoms with Crippen LogP contribution in [0.3, 0.4) is 0 Å². The monoisotopic (exact) mass is 475 g/mol. The maximum Gasteiger partial charge on any atom is 0.348 e. The smallest absolute Gasteiger partial charge is 0.348 e. The fraction of sp³-hybridized carbons (Fsp3) is 0.458. The molecule has 0 unspecified atom stereocenters. The molecule has 1 aromatic heterocycles. The molecule has 1 aliphatic rings. The number of carbonyl (C=O) groups excluding carboxylic acids is 3.